The van der Waals surface area contributed by atoms with Crippen LogP contribution in [0, 0.1) is 0 Å². The lowest BCUT2D eigenvalue weighted by molar-refractivity contribution is -0.134. The van der Waals surface area contributed by atoms with E-state index in [-0.39, 0.29) is 5.91 Å². The number of carbonyl (C=O) groups is 1. The number of amides is 1. The van der Waals surface area contributed by atoms with E-state index in [1.54, 1.807) is 0 Å². The van der Waals surface area contributed by atoms with Gasteiger partial charge in [-0.05, 0) is 43.5 Å². The Bertz CT molecular complexity index is 637. The zero-order valence-electron chi connectivity index (χ0n) is 17.4. The third-order valence-corrected chi connectivity index (χ3v) is 7.12. The fraction of sp³-hybridized carbons (Fsp3) is 0.696. The van der Waals surface area contributed by atoms with Gasteiger partial charge in [-0.2, -0.15) is 0 Å². The first-order valence-electron chi connectivity index (χ1n) is 11.3. The standard InChI is InChI=1S/C23H36N4O/c1-2-26-13-15-27(16-14-26)23(17-19-7-3-4-8-20(19)18-23)22(28)25-12-10-21-9-5-6-11-24-21/h3-4,7-8,21,24H,2,5-6,9-18H2,1H3,(H,25,28). The highest BCUT2D eigenvalue weighted by atomic mass is 16.2. The number of carbonyl (C=O) groups excluding carboxylic acids is 1. The minimum absolute atomic E-state index is 0.240. The van der Waals surface area contributed by atoms with Crippen LogP contribution in [0.4, 0.5) is 0 Å². The van der Waals surface area contributed by atoms with Gasteiger partial charge in [-0.15, -0.1) is 0 Å². The summed E-state index contributed by atoms with van der Waals surface area (Å²) in [6, 6.07) is 9.20. The number of rotatable bonds is 6. The molecule has 0 aromatic heterocycles. The van der Waals surface area contributed by atoms with Crippen molar-refractivity contribution in [1.29, 1.82) is 0 Å². The number of nitrogens with one attached hydrogen (secondary N) is 2. The van der Waals surface area contributed by atoms with Gasteiger partial charge in [-0.3, -0.25) is 9.69 Å². The molecule has 4 rings (SSSR count). The molecule has 2 saturated heterocycles. The SMILES string of the molecule is CCN1CCN(C2(C(=O)NCCC3CCCCN3)Cc3ccccc3C2)CC1. The van der Waals surface area contributed by atoms with Crippen LogP contribution in [0.1, 0.15) is 43.7 Å². The van der Waals surface area contributed by atoms with Gasteiger partial charge in [0.25, 0.3) is 0 Å². The zero-order chi connectivity index (χ0) is 19.4. The first-order valence-corrected chi connectivity index (χ1v) is 11.3. The van der Waals surface area contributed by atoms with Crippen LogP contribution >= 0.6 is 0 Å². The minimum Gasteiger partial charge on any atom is -0.354 e. The lowest BCUT2D eigenvalue weighted by Gasteiger charge is -2.44. The van der Waals surface area contributed by atoms with E-state index < -0.39 is 5.54 Å². The Balaban J connectivity index is 1.43. The van der Waals surface area contributed by atoms with Crippen molar-refractivity contribution in [2.75, 3.05) is 45.8 Å². The predicted molar refractivity (Wildman–Crippen MR) is 114 cm³/mol. The third kappa shape index (κ3) is 4.12. The van der Waals surface area contributed by atoms with Crippen LogP contribution in [0.5, 0.6) is 0 Å². The number of benzene rings is 1. The lowest BCUT2D eigenvalue weighted by Crippen LogP contribution is -2.64. The molecule has 1 unspecified atom stereocenters. The van der Waals surface area contributed by atoms with Gasteiger partial charge in [0.05, 0.1) is 0 Å². The first-order chi connectivity index (χ1) is 13.7. The maximum atomic E-state index is 13.5. The van der Waals surface area contributed by atoms with Crippen molar-refractivity contribution < 1.29 is 4.79 Å². The largest absolute Gasteiger partial charge is 0.354 e. The molecule has 2 N–H and O–H groups in total. The highest BCUT2D eigenvalue weighted by molar-refractivity contribution is 5.88. The van der Waals surface area contributed by atoms with Gasteiger partial charge in [0.2, 0.25) is 5.91 Å². The van der Waals surface area contributed by atoms with E-state index in [1.165, 1.54) is 30.4 Å². The second-order valence-corrected chi connectivity index (χ2v) is 8.77. The molecule has 3 aliphatic rings. The molecule has 1 aliphatic carbocycles. The summed E-state index contributed by atoms with van der Waals surface area (Å²) in [5.41, 5.74) is 2.30. The van der Waals surface area contributed by atoms with E-state index in [4.69, 9.17) is 0 Å². The Morgan fingerprint density at radius 3 is 2.46 bits per heavy atom. The average molecular weight is 385 g/mol. The molecule has 0 saturated carbocycles. The Morgan fingerprint density at radius 1 is 1.14 bits per heavy atom. The van der Waals surface area contributed by atoms with Crippen molar-refractivity contribution in [2.24, 2.45) is 0 Å². The van der Waals surface area contributed by atoms with Crippen molar-refractivity contribution in [3.8, 4) is 0 Å². The smallest absolute Gasteiger partial charge is 0.241 e. The van der Waals surface area contributed by atoms with Gasteiger partial charge < -0.3 is 15.5 Å². The third-order valence-electron chi connectivity index (χ3n) is 7.12. The van der Waals surface area contributed by atoms with E-state index in [1.807, 2.05) is 0 Å². The second-order valence-electron chi connectivity index (χ2n) is 8.77. The monoisotopic (exact) mass is 384 g/mol. The van der Waals surface area contributed by atoms with E-state index >= 15 is 0 Å². The number of hydrogen-bond donors (Lipinski definition) is 2. The Labute approximate surface area is 169 Å². The maximum absolute atomic E-state index is 13.5. The van der Waals surface area contributed by atoms with E-state index in [0.29, 0.717) is 6.04 Å². The van der Waals surface area contributed by atoms with Gasteiger partial charge in [0.1, 0.15) is 5.54 Å². The summed E-state index contributed by atoms with van der Waals surface area (Å²) >= 11 is 0. The van der Waals surface area contributed by atoms with Gasteiger partial charge >= 0.3 is 0 Å². The molecule has 1 aromatic rings. The van der Waals surface area contributed by atoms with Crippen LogP contribution in [0.2, 0.25) is 0 Å². The molecule has 0 radical (unpaired) electrons. The molecule has 0 bridgehead atoms. The molecular formula is C23H36N4O. The molecule has 2 fully saturated rings. The summed E-state index contributed by atoms with van der Waals surface area (Å²) in [4.78, 5) is 18.5. The molecule has 2 heterocycles. The number of nitrogens with zero attached hydrogens (tertiary/aromatic N) is 2. The Kier molecular flexibility index (Phi) is 6.34. The molecule has 0 spiro atoms. The molecule has 2 aliphatic heterocycles. The van der Waals surface area contributed by atoms with Gasteiger partial charge in [-0.25, -0.2) is 0 Å². The van der Waals surface area contributed by atoms with Gasteiger partial charge in [-0.1, -0.05) is 37.6 Å². The highest BCUT2D eigenvalue weighted by Crippen LogP contribution is 2.35. The fourth-order valence-electron chi connectivity index (χ4n) is 5.31. The molecule has 28 heavy (non-hydrogen) atoms. The normalized spacial score (nSPS) is 25.4. The molecule has 5 nitrogen and oxygen atoms in total. The van der Waals surface area contributed by atoms with E-state index in [2.05, 4.69) is 51.6 Å². The summed E-state index contributed by atoms with van der Waals surface area (Å²) in [5, 5.41) is 6.93. The molecule has 1 atom stereocenters. The Morgan fingerprint density at radius 2 is 1.86 bits per heavy atom. The topological polar surface area (TPSA) is 47.6 Å². The van der Waals surface area contributed by atoms with Crippen LogP contribution in [0.25, 0.3) is 0 Å². The number of likely N-dealkylation sites (N-methyl/N-ethyl adjacent to an activating group) is 1. The highest BCUT2D eigenvalue weighted by Gasteiger charge is 2.48. The summed E-state index contributed by atoms with van der Waals surface area (Å²) in [5.74, 6) is 0.240. The van der Waals surface area contributed by atoms with Crippen molar-refractivity contribution in [2.45, 2.75) is 57.0 Å². The Hall–Kier alpha value is -1.43. The van der Waals surface area contributed by atoms with Crippen LogP contribution in [-0.2, 0) is 17.6 Å². The molecule has 1 amide bonds. The summed E-state index contributed by atoms with van der Waals surface area (Å²) in [7, 11) is 0. The number of piperazine rings is 1. The number of piperidine rings is 1. The van der Waals surface area contributed by atoms with Crippen LogP contribution in [0.3, 0.4) is 0 Å². The lowest BCUT2D eigenvalue weighted by atomic mass is 9.90. The molecule has 5 heteroatoms. The molecular weight excluding hydrogens is 348 g/mol. The van der Waals surface area contributed by atoms with Crippen LogP contribution in [-0.4, -0.2) is 73.1 Å². The summed E-state index contributed by atoms with van der Waals surface area (Å²) in [6.07, 6.45) is 6.58. The summed E-state index contributed by atoms with van der Waals surface area (Å²) in [6.45, 7) is 9.33. The fourth-order valence-corrected chi connectivity index (χ4v) is 5.31. The van der Waals surface area contributed by atoms with Crippen molar-refractivity contribution in [1.82, 2.24) is 20.4 Å². The molecule has 1 aromatic carbocycles. The van der Waals surface area contributed by atoms with Crippen molar-refractivity contribution >= 4 is 5.91 Å². The zero-order valence-corrected chi connectivity index (χ0v) is 17.4. The van der Waals surface area contributed by atoms with Crippen LogP contribution < -0.4 is 10.6 Å². The van der Waals surface area contributed by atoms with Crippen molar-refractivity contribution in [3.63, 3.8) is 0 Å². The van der Waals surface area contributed by atoms with E-state index in [9.17, 15) is 4.79 Å². The number of fused-ring (bicyclic) bond motifs is 1. The minimum atomic E-state index is -0.399. The summed E-state index contributed by atoms with van der Waals surface area (Å²) < 4.78 is 0. The van der Waals surface area contributed by atoms with Gasteiger partial charge in [0.15, 0.2) is 0 Å². The maximum Gasteiger partial charge on any atom is 0.241 e. The van der Waals surface area contributed by atoms with Crippen molar-refractivity contribution in [3.05, 3.63) is 35.4 Å². The average Bonchev–Trinajstić information content (AvgIpc) is 3.15. The first kappa shape index (κ1) is 19.9. The predicted octanol–water partition coefficient (Wildman–Crippen LogP) is 1.81. The second kappa shape index (κ2) is 8.93. The number of hydrogen-bond acceptors (Lipinski definition) is 4. The quantitative estimate of drug-likeness (QED) is 0.785. The van der Waals surface area contributed by atoms with Gasteiger partial charge in [0, 0.05) is 51.6 Å². The molecule has 154 valence electrons. The van der Waals surface area contributed by atoms with Crippen LogP contribution in [0.15, 0.2) is 24.3 Å². The van der Waals surface area contributed by atoms with E-state index in [0.717, 1.165) is 65.1 Å².